The molecule has 1 aromatic carbocycles. The van der Waals surface area contributed by atoms with Gasteiger partial charge in [0.05, 0.1) is 13.0 Å². The Bertz CT molecular complexity index is 624. The van der Waals surface area contributed by atoms with E-state index in [0.717, 1.165) is 7.11 Å². The first-order valence-electron chi connectivity index (χ1n) is 5.10. The molecule has 1 N–H and O–H groups in total. The molecule has 0 aliphatic carbocycles. The summed E-state index contributed by atoms with van der Waals surface area (Å²) in [6.07, 6.45) is 0.647. The van der Waals surface area contributed by atoms with E-state index in [0.29, 0.717) is 12.3 Å². The van der Waals surface area contributed by atoms with Gasteiger partial charge in [0.25, 0.3) is 0 Å². The zero-order chi connectivity index (χ0) is 15.0. The average Bonchev–Trinajstić information content (AvgIpc) is 2.25. The van der Waals surface area contributed by atoms with E-state index in [9.17, 15) is 22.0 Å². The van der Waals surface area contributed by atoms with Crippen molar-refractivity contribution >= 4 is 15.8 Å². The van der Waals surface area contributed by atoms with Crippen LogP contribution >= 0.6 is 0 Å². The molecule has 0 heterocycles. The zero-order valence-electron chi connectivity index (χ0n) is 10.4. The van der Waals surface area contributed by atoms with Crippen LogP contribution in [0.15, 0.2) is 11.0 Å². The van der Waals surface area contributed by atoms with Gasteiger partial charge in [-0.1, -0.05) is 0 Å². The number of methoxy groups -OCH3 is 1. The maximum atomic E-state index is 14.0. The number of benzene rings is 1. The number of ether oxygens (including phenoxy) is 1. The quantitative estimate of drug-likeness (QED) is 0.911. The molecule has 0 amide bonds. The maximum Gasteiger partial charge on any atom is 0.310 e. The highest BCUT2D eigenvalue weighted by molar-refractivity contribution is 7.90. The molecular weight excluding hydrogens is 282 g/mol. The van der Waals surface area contributed by atoms with Gasteiger partial charge in [-0.3, -0.25) is 4.79 Å². The Labute approximate surface area is 108 Å². The van der Waals surface area contributed by atoms with E-state index in [4.69, 9.17) is 5.11 Å². The third kappa shape index (κ3) is 2.83. The first kappa shape index (κ1) is 15.4. The van der Waals surface area contributed by atoms with Crippen LogP contribution in [0, 0.1) is 11.6 Å². The normalized spacial score (nSPS) is 13.1. The van der Waals surface area contributed by atoms with E-state index in [-0.39, 0.29) is 5.56 Å². The minimum atomic E-state index is -4.14. The molecule has 0 aromatic heterocycles. The van der Waals surface area contributed by atoms with Crippen LogP contribution in [0.1, 0.15) is 18.4 Å². The smallest absolute Gasteiger partial charge is 0.310 e. The van der Waals surface area contributed by atoms with Gasteiger partial charge < -0.3 is 9.84 Å². The van der Waals surface area contributed by atoms with Gasteiger partial charge in [-0.25, -0.2) is 17.2 Å². The zero-order valence-corrected chi connectivity index (χ0v) is 11.2. The number of carboxylic acids is 1. The highest BCUT2D eigenvalue weighted by Crippen LogP contribution is 2.35. The van der Waals surface area contributed by atoms with Gasteiger partial charge >= 0.3 is 5.97 Å². The van der Waals surface area contributed by atoms with Crippen LogP contribution in [0.2, 0.25) is 0 Å². The first-order chi connectivity index (χ1) is 8.61. The Hall–Kier alpha value is -1.70. The Morgan fingerprint density at radius 2 is 1.95 bits per heavy atom. The van der Waals surface area contributed by atoms with Crippen LogP contribution in [0.4, 0.5) is 8.78 Å². The predicted molar refractivity (Wildman–Crippen MR) is 62.1 cm³/mol. The van der Waals surface area contributed by atoms with E-state index < -0.39 is 44.0 Å². The van der Waals surface area contributed by atoms with Crippen molar-refractivity contribution in [1.82, 2.24) is 0 Å². The number of carbonyl (C=O) groups is 1. The molecule has 1 atom stereocenters. The first-order valence-corrected chi connectivity index (χ1v) is 6.99. The molecule has 0 aliphatic heterocycles. The summed E-state index contributed by atoms with van der Waals surface area (Å²) in [6, 6.07) is 0.664. The van der Waals surface area contributed by atoms with Crippen LogP contribution in [-0.4, -0.2) is 32.9 Å². The van der Waals surface area contributed by atoms with Crippen LogP contribution in [0.3, 0.4) is 0 Å². The van der Waals surface area contributed by atoms with Crippen LogP contribution < -0.4 is 4.74 Å². The third-order valence-electron chi connectivity index (χ3n) is 2.57. The number of halogens is 2. The summed E-state index contributed by atoms with van der Waals surface area (Å²) >= 11 is 0. The number of rotatable bonds is 4. The summed E-state index contributed by atoms with van der Waals surface area (Å²) in [4.78, 5) is 9.72. The second-order valence-electron chi connectivity index (χ2n) is 3.96. The molecule has 0 saturated heterocycles. The number of sulfone groups is 1. The molecule has 8 heteroatoms. The van der Waals surface area contributed by atoms with Gasteiger partial charge in [0.1, 0.15) is 10.7 Å². The van der Waals surface area contributed by atoms with Crippen LogP contribution in [0.5, 0.6) is 5.75 Å². The number of hydrogen-bond acceptors (Lipinski definition) is 4. The highest BCUT2D eigenvalue weighted by Gasteiger charge is 2.29. The molecule has 0 saturated carbocycles. The Morgan fingerprint density at radius 3 is 2.32 bits per heavy atom. The van der Waals surface area contributed by atoms with Crippen molar-refractivity contribution < 1.29 is 31.8 Å². The Balaban J connectivity index is 3.70. The van der Waals surface area contributed by atoms with E-state index in [2.05, 4.69) is 4.74 Å². The summed E-state index contributed by atoms with van der Waals surface area (Å²) in [6.45, 7) is 1.21. The Kier molecular flexibility index (Phi) is 4.14. The summed E-state index contributed by atoms with van der Waals surface area (Å²) in [5.41, 5.74) is -0.266. The minimum Gasteiger partial charge on any atom is -0.493 e. The topological polar surface area (TPSA) is 80.7 Å². The van der Waals surface area contributed by atoms with Gasteiger partial charge in [0.15, 0.2) is 21.4 Å². The Morgan fingerprint density at radius 1 is 1.42 bits per heavy atom. The molecule has 0 fully saturated rings. The fraction of sp³-hybridized carbons (Fsp3) is 0.364. The molecule has 0 spiro atoms. The van der Waals surface area contributed by atoms with Crippen molar-refractivity contribution in [2.75, 3.05) is 13.4 Å². The monoisotopic (exact) mass is 294 g/mol. The molecule has 1 rings (SSSR count). The summed E-state index contributed by atoms with van der Waals surface area (Å²) in [7, 11) is -3.09. The van der Waals surface area contributed by atoms with E-state index in [1.54, 1.807) is 0 Å². The van der Waals surface area contributed by atoms with E-state index >= 15 is 0 Å². The molecule has 0 bridgehead atoms. The van der Waals surface area contributed by atoms with Crippen molar-refractivity contribution in [3.63, 3.8) is 0 Å². The second kappa shape index (κ2) is 5.12. The number of hydrogen-bond donors (Lipinski definition) is 1. The SMILES string of the molecule is COc1c(C(C)C(=O)O)cc(F)c(S(C)(=O)=O)c1F. The van der Waals surface area contributed by atoms with Gasteiger partial charge in [0.2, 0.25) is 0 Å². The van der Waals surface area contributed by atoms with Crippen molar-refractivity contribution in [2.45, 2.75) is 17.7 Å². The predicted octanol–water partition coefficient (Wildman–Crippen LogP) is 1.56. The van der Waals surface area contributed by atoms with E-state index in [1.807, 2.05) is 0 Å². The minimum absolute atomic E-state index is 0.266. The molecular formula is C11H12F2O5S. The lowest BCUT2D eigenvalue weighted by Gasteiger charge is -2.15. The summed E-state index contributed by atoms with van der Waals surface area (Å²) < 4.78 is 54.9. The van der Waals surface area contributed by atoms with Crippen LogP contribution in [0.25, 0.3) is 0 Å². The molecule has 1 aromatic rings. The van der Waals surface area contributed by atoms with Gasteiger partial charge in [-0.05, 0) is 13.0 Å². The summed E-state index contributed by atoms with van der Waals surface area (Å²) in [5, 5.41) is 8.85. The lowest BCUT2D eigenvalue weighted by atomic mass is 10.00. The average molecular weight is 294 g/mol. The lowest BCUT2D eigenvalue weighted by Crippen LogP contribution is -2.13. The van der Waals surface area contributed by atoms with Gasteiger partial charge in [-0.15, -0.1) is 0 Å². The standard InChI is InChI=1S/C11H12F2O5S/c1-5(11(14)15)6-4-7(12)10(19(3,16)17)8(13)9(6)18-2/h4-5H,1-3H3,(H,14,15). The number of carboxylic acid groups (broad SMARTS) is 1. The van der Waals surface area contributed by atoms with Crippen molar-refractivity contribution in [1.29, 1.82) is 0 Å². The molecule has 0 radical (unpaired) electrons. The number of aliphatic carboxylic acids is 1. The van der Waals surface area contributed by atoms with Gasteiger partial charge in [0, 0.05) is 11.8 Å². The van der Waals surface area contributed by atoms with Crippen molar-refractivity contribution in [3.8, 4) is 5.75 Å². The largest absolute Gasteiger partial charge is 0.493 e. The fourth-order valence-electron chi connectivity index (χ4n) is 1.60. The van der Waals surface area contributed by atoms with Crippen molar-refractivity contribution in [3.05, 3.63) is 23.3 Å². The van der Waals surface area contributed by atoms with Gasteiger partial charge in [-0.2, -0.15) is 0 Å². The highest BCUT2D eigenvalue weighted by atomic mass is 32.2. The fourth-order valence-corrected chi connectivity index (χ4v) is 2.44. The second-order valence-corrected chi connectivity index (χ2v) is 5.91. The third-order valence-corrected chi connectivity index (χ3v) is 3.69. The molecule has 0 aliphatic rings. The van der Waals surface area contributed by atoms with Crippen LogP contribution in [-0.2, 0) is 14.6 Å². The molecule has 5 nitrogen and oxygen atoms in total. The van der Waals surface area contributed by atoms with Crippen molar-refractivity contribution in [2.24, 2.45) is 0 Å². The lowest BCUT2D eigenvalue weighted by molar-refractivity contribution is -0.138. The summed E-state index contributed by atoms with van der Waals surface area (Å²) in [5.74, 6) is -5.91. The molecule has 19 heavy (non-hydrogen) atoms. The molecule has 106 valence electrons. The molecule has 1 unspecified atom stereocenters. The maximum absolute atomic E-state index is 14.0. The van der Waals surface area contributed by atoms with E-state index in [1.165, 1.54) is 6.92 Å².